The average Bonchev–Trinajstić information content (AvgIpc) is 3.67. The van der Waals surface area contributed by atoms with E-state index in [0.29, 0.717) is 19.0 Å². The normalized spacial score (nSPS) is 24.4. The van der Waals surface area contributed by atoms with Crippen LogP contribution in [0.25, 0.3) is 0 Å². The van der Waals surface area contributed by atoms with Crippen molar-refractivity contribution in [2.24, 2.45) is 5.92 Å². The van der Waals surface area contributed by atoms with Crippen molar-refractivity contribution in [2.75, 3.05) is 18.0 Å². The molecule has 1 aromatic carbocycles. The van der Waals surface area contributed by atoms with Crippen LogP contribution < -0.4 is 15.5 Å². The molecule has 2 fully saturated rings. The number of hydrogen-bond donors (Lipinski definition) is 2. The van der Waals surface area contributed by atoms with Gasteiger partial charge in [-0.15, -0.1) is 0 Å². The van der Waals surface area contributed by atoms with Crippen LogP contribution in [0.4, 0.5) is 16.2 Å². The second-order valence-electron chi connectivity index (χ2n) is 10.3. The maximum absolute atomic E-state index is 13.5. The van der Waals surface area contributed by atoms with Crippen molar-refractivity contribution < 1.29 is 14.4 Å². The van der Waals surface area contributed by atoms with Gasteiger partial charge in [0.05, 0.1) is 17.4 Å². The molecule has 3 aliphatic heterocycles. The third-order valence-corrected chi connectivity index (χ3v) is 8.84. The largest absolute Gasteiger partial charge is 0.351 e. The van der Waals surface area contributed by atoms with Gasteiger partial charge >= 0.3 is 6.03 Å². The molecule has 1 aliphatic carbocycles. The zero-order valence-corrected chi connectivity index (χ0v) is 21.8. The standard InChI is InChI=1S/C28H28N6O3S/c1-16-5-2-3-7-20(16)34-21-10-11-30-26-22(21)23(32-28(34)37)24(38-26)25(35)31-19-6-4-12-33(15-19)27(36)18(14-29)13-17-8-9-17/h2-3,5,7,10-11,13,17,19,23-24H,4,6,8-9,12,15H2,1H3,(H,31,35)(H,32,37)/b18-13+. The molecular weight excluding hydrogens is 500 g/mol. The zero-order valence-electron chi connectivity index (χ0n) is 21.0. The molecule has 0 bridgehead atoms. The SMILES string of the molecule is Cc1ccccc1N1C(=O)NC2c3c1ccnc3SC2C(=O)NC1CCCN(C(=O)/C(C#N)=C/C2CC2)C1. The first-order chi connectivity index (χ1) is 18.4. The molecule has 4 amide bonds. The number of pyridine rings is 1. The number of likely N-dealkylation sites (tertiary alicyclic amines) is 1. The lowest BCUT2D eigenvalue weighted by Crippen LogP contribution is -2.54. The van der Waals surface area contributed by atoms with Crippen LogP contribution in [0.2, 0.25) is 0 Å². The predicted octanol–water partition coefficient (Wildman–Crippen LogP) is 3.73. The Hall–Kier alpha value is -3.84. The lowest BCUT2D eigenvalue weighted by Gasteiger charge is -2.36. The molecule has 0 radical (unpaired) electrons. The number of allylic oxidation sites excluding steroid dienone is 1. The number of aryl methyl sites for hydroxylation is 1. The third-order valence-electron chi connectivity index (χ3n) is 7.55. The molecular formula is C28H28N6O3S. The van der Waals surface area contributed by atoms with Crippen LogP contribution in [0.3, 0.4) is 0 Å². The number of amides is 4. The quantitative estimate of drug-likeness (QED) is 0.451. The van der Waals surface area contributed by atoms with Crippen LogP contribution in [-0.2, 0) is 9.59 Å². The lowest BCUT2D eigenvalue weighted by molar-refractivity contribution is -0.129. The summed E-state index contributed by atoms with van der Waals surface area (Å²) in [6.45, 7) is 2.89. The van der Waals surface area contributed by atoms with Gasteiger partial charge in [-0.25, -0.2) is 9.78 Å². The Kier molecular flexibility index (Phi) is 6.32. The van der Waals surface area contributed by atoms with Crippen LogP contribution in [0.15, 0.2) is 53.2 Å². The Bertz CT molecular complexity index is 1400. The summed E-state index contributed by atoms with van der Waals surface area (Å²) in [6.07, 6.45) is 7.00. The number of nitrogens with zero attached hydrogens (tertiary/aromatic N) is 4. The van der Waals surface area contributed by atoms with Crippen molar-refractivity contribution in [1.29, 1.82) is 5.26 Å². The smallest absolute Gasteiger partial charge is 0.327 e. The van der Waals surface area contributed by atoms with Gasteiger partial charge in [0.1, 0.15) is 21.9 Å². The molecule has 2 aromatic rings. The molecule has 4 aliphatic rings. The van der Waals surface area contributed by atoms with E-state index in [1.54, 1.807) is 22.1 Å². The highest BCUT2D eigenvalue weighted by Crippen LogP contribution is 2.50. The summed E-state index contributed by atoms with van der Waals surface area (Å²) in [5.74, 6) is -0.117. The second-order valence-corrected chi connectivity index (χ2v) is 11.4. The van der Waals surface area contributed by atoms with Crippen molar-refractivity contribution in [2.45, 2.75) is 55.0 Å². The summed E-state index contributed by atoms with van der Waals surface area (Å²) >= 11 is 1.36. The summed E-state index contributed by atoms with van der Waals surface area (Å²) in [5.41, 5.74) is 3.54. The van der Waals surface area contributed by atoms with Gasteiger partial charge < -0.3 is 15.5 Å². The molecule has 4 heterocycles. The monoisotopic (exact) mass is 528 g/mol. The molecule has 6 rings (SSSR count). The Morgan fingerprint density at radius 1 is 1.21 bits per heavy atom. The van der Waals surface area contributed by atoms with Crippen molar-refractivity contribution in [3.63, 3.8) is 0 Å². The van der Waals surface area contributed by atoms with Gasteiger partial charge in [0.15, 0.2) is 0 Å². The molecule has 3 atom stereocenters. The number of urea groups is 1. The number of thioether (sulfide) groups is 1. The topological polar surface area (TPSA) is 118 Å². The first kappa shape index (κ1) is 24.5. The van der Waals surface area contributed by atoms with E-state index in [9.17, 15) is 19.6 Å². The van der Waals surface area contributed by atoms with E-state index in [-0.39, 0.29) is 29.5 Å². The predicted molar refractivity (Wildman–Crippen MR) is 143 cm³/mol. The van der Waals surface area contributed by atoms with Gasteiger partial charge in [-0.05, 0) is 56.2 Å². The first-order valence-electron chi connectivity index (χ1n) is 13.0. The fourth-order valence-corrected chi connectivity index (χ4v) is 6.70. The Labute approximate surface area is 225 Å². The summed E-state index contributed by atoms with van der Waals surface area (Å²) in [6, 6.07) is 10.6. The van der Waals surface area contributed by atoms with Crippen molar-refractivity contribution >= 4 is 41.0 Å². The molecule has 1 saturated heterocycles. The number of nitrogens with one attached hydrogen (secondary N) is 2. The summed E-state index contributed by atoms with van der Waals surface area (Å²) < 4.78 is 0. The highest BCUT2D eigenvalue weighted by Gasteiger charge is 2.47. The van der Waals surface area contributed by atoms with Crippen LogP contribution >= 0.6 is 11.8 Å². The van der Waals surface area contributed by atoms with Gasteiger partial charge in [-0.2, -0.15) is 5.26 Å². The first-order valence-corrected chi connectivity index (χ1v) is 13.9. The molecule has 2 N–H and O–H groups in total. The van der Waals surface area contributed by atoms with Gasteiger partial charge in [-0.1, -0.05) is 36.0 Å². The molecule has 194 valence electrons. The Balaban J connectivity index is 1.19. The summed E-state index contributed by atoms with van der Waals surface area (Å²) in [4.78, 5) is 47.6. The number of aromatic nitrogens is 1. The summed E-state index contributed by atoms with van der Waals surface area (Å²) in [7, 11) is 0. The van der Waals surface area contributed by atoms with E-state index < -0.39 is 11.3 Å². The number of carbonyl (C=O) groups excluding carboxylic acids is 3. The van der Waals surface area contributed by atoms with Crippen LogP contribution in [-0.4, -0.2) is 52.1 Å². The van der Waals surface area contributed by atoms with E-state index in [4.69, 9.17) is 0 Å². The van der Waals surface area contributed by atoms with Crippen molar-refractivity contribution in [3.05, 3.63) is 59.3 Å². The highest BCUT2D eigenvalue weighted by atomic mass is 32.2. The Morgan fingerprint density at radius 3 is 2.79 bits per heavy atom. The molecule has 0 spiro atoms. The van der Waals surface area contributed by atoms with Gasteiger partial charge in [0, 0.05) is 30.9 Å². The van der Waals surface area contributed by atoms with E-state index in [0.717, 1.165) is 53.2 Å². The average molecular weight is 529 g/mol. The number of piperidine rings is 1. The van der Waals surface area contributed by atoms with Gasteiger partial charge in [-0.3, -0.25) is 14.5 Å². The lowest BCUT2D eigenvalue weighted by atomic mass is 9.98. The Morgan fingerprint density at radius 2 is 2.03 bits per heavy atom. The van der Waals surface area contributed by atoms with E-state index >= 15 is 0 Å². The number of benzene rings is 1. The molecule has 38 heavy (non-hydrogen) atoms. The van der Waals surface area contributed by atoms with Crippen LogP contribution in [0, 0.1) is 24.2 Å². The molecule has 9 nitrogen and oxygen atoms in total. The van der Waals surface area contributed by atoms with E-state index in [1.807, 2.05) is 37.3 Å². The van der Waals surface area contributed by atoms with Gasteiger partial charge in [0.25, 0.3) is 5.91 Å². The minimum absolute atomic E-state index is 0.193. The zero-order chi connectivity index (χ0) is 26.4. The van der Waals surface area contributed by atoms with Crippen molar-refractivity contribution in [1.82, 2.24) is 20.5 Å². The van der Waals surface area contributed by atoms with Gasteiger partial charge in [0.2, 0.25) is 5.91 Å². The molecule has 1 aromatic heterocycles. The third kappa shape index (κ3) is 4.41. The highest BCUT2D eigenvalue weighted by molar-refractivity contribution is 8.01. The number of nitriles is 1. The minimum Gasteiger partial charge on any atom is -0.351 e. The number of rotatable bonds is 5. The van der Waals surface area contributed by atoms with Crippen molar-refractivity contribution in [3.8, 4) is 6.07 Å². The number of para-hydroxylation sites is 1. The second kappa shape index (κ2) is 9.80. The fourth-order valence-electron chi connectivity index (χ4n) is 5.47. The maximum Gasteiger partial charge on any atom is 0.327 e. The van der Waals surface area contributed by atoms with E-state index in [1.165, 1.54) is 11.8 Å². The summed E-state index contributed by atoms with van der Waals surface area (Å²) in [5, 5.41) is 15.8. The molecule has 1 saturated carbocycles. The number of carbonyl (C=O) groups is 3. The minimum atomic E-state index is -0.572. The number of anilines is 2. The molecule has 3 unspecified atom stereocenters. The van der Waals surface area contributed by atoms with E-state index in [2.05, 4.69) is 21.7 Å². The van der Waals surface area contributed by atoms with Crippen LogP contribution in [0.5, 0.6) is 0 Å². The molecule has 10 heteroatoms. The number of hydrogen-bond acceptors (Lipinski definition) is 6. The fraction of sp³-hybridized carbons (Fsp3) is 0.393. The van der Waals surface area contributed by atoms with Crippen LogP contribution in [0.1, 0.15) is 42.9 Å². The maximum atomic E-state index is 13.5.